The summed E-state index contributed by atoms with van der Waals surface area (Å²) in [5.41, 5.74) is -0.890. The molecule has 0 bridgehead atoms. The molecule has 7 heteroatoms. The van der Waals surface area contributed by atoms with Crippen molar-refractivity contribution in [2.75, 3.05) is 11.9 Å². The van der Waals surface area contributed by atoms with Gasteiger partial charge in [0, 0.05) is 11.4 Å². The highest BCUT2D eigenvalue weighted by atomic mass is 79.9. The summed E-state index contributed by atoms with van der Waals surface area (Å²) in [6, 6.07) is 1.24. The first kappa shape index (κ1) is 14.8. The van der Waals surface area contributed by atoms with Gasteiger partial charge in [0.2, 0.25) is 5.82 Å². The molecule has 0 N–H and O–H groups in total. The SMILES string of the molecule is O=[N+]([O-])c1cc(F)c(OCCCCCBr)cc1F. The smallest absolute Gasteiger partial charge is 0.307 e. The van der Waals surface area contributed by atoms with Gasteiger partial charge < -0.3 is 4.74 Å². The van der Waals surface area contributed by atoms with Crippen LogP contribution in [0.1, 0.15) is 19.3 Å². The number of benzene rings is 1. The fourth-order valence-corrected chi connectivity index (χ4v) is 1.72. The van der Waals surface area contributed by atoms with E-state index in [9.17, 15) is 18.9 Å². The molecule has 0 unspecified atom stereocenters. The standard InChI is InChI=1S/C11H12BrF2NO3/c12-4-2-1-3-5-18-11-7-8(13)10(15(16)17)6-9(11)14/h6-7H,1-5H2. The van der Waals surface area contributed by atoms with Gasteiger partial charge in [-0.15, -0.1) is 0 Å². The lowest BCUT2D eigenvalue weighted by molar-refractivity contribution is -0.387. The van der Waals surface area contributed by atoms with Crippen LogP contribution in [0.3, 0.4) is 0 Å². The zero-order valence-corrected chi connectivity index (χ0v) is 11.1. The van der Waals surface area contributed by atoms with Crippen LogP contribution in [0.5, 0.6) is 5.75 Å². The molecule has 1 aromatic carbocycles. The van der Waals surface area contributed by atoms with Crippen LogP contribution in [-0.2, 0) is 0 Å². The van der Waals surface area contributed by atoms with E-state index >= 15 is 0 Å². The summed E-state index contributed by atoms with van der Waals surface area (Å²) in [4.78, 5) is 9.40. The molecule has 1 aromatic rings. The summed E-state index contributed by atoms with van der Waals surface area (Å²) in [6.07, 6.45) is 2.59. The Bertz CT molecular complexity index is 429. The highest BCUT2D eigenvalue weighted by molar-refractivity contribution is 9.09. The third-order valence-corrected chi connectivity index (χ3v) is 2.79. The Morgan fingerprint density at radius 1 is 1.22 bits per heavy atom. The lowest BCUT2D eigenvalue weighted by Gasteiger charge is -2.07. The van der Waals surface area contributed by atoms with Crippen LogP contribution in [0, 0.1) is 21.7 Å². The third-order valence-electron chi connectivity index (χ3n) is 2.23. The number of unbranched alkanes of at least 4 members (excludes halogenated alkanes) is 2. The van der Waals surface area contributed by atoms with Crippen molar-refractivity contribution >= 4 is 21.6 Å². The molecule has 18 heavy (non-hydrogen) atoms. The first-order valence-electron chi connectivity index (χ1n) is 5.38. The van der Waals surface area contributed by atoms with Crippen LogP contribution in [0.4, 0.5) is 14.5 Å². The van der Waals surface area contributed by atoms with E-state index in [4.69, 9.17) is 4.74 Å². The Morgan fingerprint density at radius 2 is 1.94 bits per heavy atom. The zero-order chi connectivity index (χ0) is 13.5. The molecular weight excluding hydrogens is 312 g/mol. The van der Waals surface area contributed by atoms with Crippen LogP contribution >= 0.6 is 15.9 Å². The van der Waals surface area contributed by atoms with Gasteiger partial charge in [-0.3, -0.25) is 10.1 Å². The van der Waals surface area contributed by atoms with E-state index in [1.165, 1.54) is 0 Å². The highest BCUT2D eigenvalue weighted by Crippen LogP contribution is 2.26. The maximum absolute atomic E-state index is 13.4. The second-order valence-corrected chi connectivity index (χ2v) is 4.38. The molecule has 100 valence electrons. The molecule has 0 saturated carbocycles. The Kier molecular flexibility index (Phi) is 5.97. The molecular formula is C11H12BrF2NO3. The number of rotatable bonds is 7. The number of alkyl halides is 1. The average molecular weight is 324 g/mol. The topological polar surface area (TPSA) is 52.4 Å². The molecule has 4 nitrogen and oxygen atoms in total. The summed E-state index contributed by atoms with van der Waals surface area (Å²) in [6.45, 7) is 0.251. The zero-order valence-electron chi connectivity index (χ0n) is 9.50. The summed E-state index contributed by atoms with van der Waals surface area (Å²) < 4.78 is 31.6. The van der Waals surface area contributed by atoms with Gasteiger partial charge in [-0.25, -0.2) is 4.39 Å². The predicted octanol–water partition coefficient (Wildman–Crippen LogP) is 3.82. The van der Waals surface area contributed by atoms with E-state index in [1.807, 2.05) is 0 Å². The second kappa shape index (κ2) is 7.25. The van der Waals surface area contributed by atoms with Crippen molar-refractivity contribution in [3.05, 3.63) is 33.9 Å². The molecule has 0 aliphatic rings. The molecule has 0 aliphatic heterocycles. The van der Waals surface area contributed by atoms with Crippen LogP contribution in [0.2, 0.25) is 0 Å². The quantitative estimate of drug-likeness (QED) is 0.332. The van der Waals surface area contributed by atoms with Crippen molar-refractivity contribution in [2.24, 2.45) is 0 Å². The van der Waals surface area contributed by atoms with Gasteiger partial charge in [-0.1, -0.05) is 15.9 Å². The van der Waals surface area contributed by atoms with E-state index in [2.05, 4.69) is 15.9 Å². The maximum Gasteiger partial charge on any atom is 0.307 e. The van der Waals surface area contributed by atoms with E-state index < -0.39 is 22.2 Å². The van der Waals surface area contributed by atoms with Gasteiger partial charge in [0.25, 0.3) is 0 Å². The summed E-state index contributed by atoms with van der Waals surface area (Å²) in [5, 5.41) is 11.3. The fourth-order valence-electron chi connectivity index (χ4n) is 1.32. The number of nitro groups is 1. The third kappa shape index (κ3) is 4.21. The second-order valence-electron chi connectivity index (χ2n) is 3.59. The average Bonchev–Trinajstić information content (AvgIpc) is 2.32. The molecule has 0 radical (unpaired) electrons. The molecule has 0 saturated heterocycles. The Hall–Kier alpha value is -1.24. The summed E-state index contributed by atoms with van der Waals surface area (Å²) >= 11 is 3.27. The molecule has 0 aromatic heterocycles. The first-order chi connectivity index (χ1) is 8.56. The van der Waals surface area contributed by atoms with Gasteiger partial charge >= 0.3 is 5.69 Å². The van der Waals surface area contributed by atoms with Gasteiger partial charge in [0.1, 0.15) is 0 Å². The van der Waals surface area contributed by atoms with Crippen molar-refractivity contribution in [3.8, 4) is 5.75 Å². The number of halogens is 3. The first-order valence-corrected chi connectivity index (χ1v) is 6.50. The van der Waals surface area contributed by atoms with Crippen LogP contribution in [0.25, 0.3) is 0 Å². The van der Waals surface area contributed by atoms with E-state index in [-0.39, 0.29) is 12.4 Å². The number of nitro benzene ring substituents is 1. The van der Waals surface area contributed by atoms with Gasteiger partial charge in [-0.05, 0) is 19.3 Å². The Morgan fingerprint density at radius 3 is 2.56 bits per heavy atom. The van der Waals surface area contributed by atoms with Gasteiger partial charge in [-0.2, -0.15) is 4.39 Å². The molecule has 0 fully saturated rings. The van der Waals surface area contributed by atoms with Crippen LogP contribution < -0.4 is 4.74 Å². The molecule has 0 atom stereocenters. The number of hydrogen-bond donors (Lipinski definition) is 0. The van der Waals surface area contributed by atoms with Gasteiger partial charge in [0.15, 0.2) is 11.6 Å². The molecule has 0 aliphatic carbocycles. The number of nitrogens with zero attached hydrogens (tertiary/aromatic N) is 1. The highest BCUT2D eigenvalue weighted by Gasteiger charge is 2.19. The van der Waals surface area contributed by atoms with Crippen molar-refractivity contribution in [2.45, 2.75) is 19.3 Å². The Balaban J connectivity index is 2.62. The van der Waals surface area contributed by atoms with Crippen molar-refractivity contribution in [1.29, 1.82) is 0 Å². The lowest BCUT2D eigenvalue weighted by Crippen LogP contribution is -2.02. The van der Waals surface area contributed by atoms with Crippen LogP contribution in [-0.4, -0.2) is 16.9 Å². The minimum atomic E-state index is -1.10. The monoisotopic (exact) mass is 323 g/mol. The van der Waals surface area contributed by atoms with E-state index in [1.54, 1.807) is 0 Å². The van der Waals surface area contributed by atoms with Crippen molar-refractivity contribution in [3.63, 3.8) is 0 Å². The fraction of sp³-hybridized carbons (Fsp3) is 0.455. The minimum absolute atomic E-state index is 0.251. The van der Waals surface area contributed by atoms with E-state index in [0.717, 1.165) is 18.2 Å². The van der Waals surface area contributed by atoms with Gasteiger partial charge in [0.05, 0.1) is 17.6 Å². The molecule has 0 amide bonds. The largest absolute Gasteiger partial charge is 0.490 e. The Labute approximate surface area is 111 Å². The summed E-state index contributed by atoms with van der Waals surface area (Å²) in [5.74, 6) is -2.32. The summed E-state index contributed by atoms with van der Waals surface area (Å²) in [7, 11) is 0. The van der Waals surface area contributed by atoms with Crippen molar-refractivity contribution < 1.29 is 18.4 Å². The number of ether oxygens (including phenoxy) is 1. The lowest BCUT2D eigenvalue weighted by atomic mass is 10.2. The molecule has 0 spiro atoms. The van der Waals surface area contributed by atoms with Crippen LogP contribution in [0.15, 0.2) is 12.1 Å². The molecule has 1 rings (SSSR count). The van der Waals surface area contributed by atoms with E-state index in [0.29, 0.717) is 18.6 Å². The van der Waals surface area contributed by atoms with Crippen molar-refractivity contribution in [1.82, 2.24) is 0 Å². The molecule has 0 heterocycles. The number of hydrogen-bond acceptors (Lipinski definition) is 3. The maximum atomic E-state index is 13.4. The predicted molar refractivity (Wildman–Crippen MR) is 66.2 cm³/mol. The normalized spacial score (nSPS) is 10.4. The minimum Gasteiger partial charge on any atom is -0.490 e.